The zero-order valence-corrected chi connectivity index (χ0v) is 12.0. The van der Waals surface area contributed by atoms with E-state index >= 15 is 0 Å². The number of nitro groups is 1. The summed E-state index contributed by atoms with van der Waals surface area (Å²) >= 11 is 5.64. The summed E-state index contributed by atoms with van der Waals surface area (Å²) < 4.78 is 37.9. The predicted molar refractivity (Wildman–Crippen MR) is 77.5 cm³/mol. The Morgan fingerprint density at radius 1 is 1.17 bits per heavy atom. The third kappa shape index (κ3) is 3.98. The lowest BCUT2D eigenvalue weighted by atomic mass is 10.1. The molecular weight excluding hydrogens is 337 g/mol. The van der Waals surface area contributed by atoms with Gasteiger partial charge in [0.25, 0.3) is 11.6 Å². The van der Waals surface area contributed by atoms with Crippen molar-refractivity contribution >= 4 is 28.9 Å². The number of nitrogens with one attached hydrogen (secondary N) is 1. The SMILES string of the molecule is O=C(Nc1cccc(C(F)(F)F)c1)c1ccc(Cl)cc1[N+](=O)[O-]. The van der Waals surface area contributed by atoms with Gasteiger partial charge in [-0.2, -0.15) is 13.2 Å². The smallest absolute Gasteiger partial charge is 0.322 e. The van der Waals surface area contributed by atoms with E-state index in [9.17, 15) is 28.1 Å². The summed E-state index contributed by atoms with van der Waals surface area (Å²) in [6.45, 7) is 0. The number of alkyl halides is 3. The second-order valence-corrected chi connectivity index (χ2v) is 4.89. The molecule has 120 valence electrons. The molecule has 0 heterocycles. The Bertz CT molecular complexity index is 778. The van der Waals surface area contributed by atoms with E-state index in [1.165, 1.54) is 12.1 Å². The Kier molecular flexibility index (Phi) is 4.55. The van der Waals surface area contributed by atoms with Crippen LogP contribution in [-0.4, -0.2) is 10.8 Å². The largest absolute Gasteiger partial charge is 0.416 e. The van der Waals surface area contributed by atoms with Gasteiger partial charge >= 0.3 is 6.18 Å². The Hall–Kier alpha value is -2.61. The highest BCUT2D eigenvalue weighted by atomic mass is 35.5. The standard InChI is InChI=1S/C14H8ClF3N2O3/c15-9-4-5-11(12(7-9)20(22)23)13(21)19-10-3-1-2-8(6-10)14(16,17)18/h1-7H,(H,19,21). The van der Waals surface area contributed by atoms with Crippen molar-refractivity contribution in [2.45, 2.75) is 6.18 Å². The molecule has 0 saturated carbocycles. The van der Waals surface area contributed by atoms with E-state index in [2.05, 4.69) is 5.32 Å². The molecule has 1 N–H and O–H groups in total. The van der Waals surface area contributed by atoms with Gasteiger partial charge in [0.2, 0.25) is 0 Å². The maximum absolute atomic E-state index is 12.6. The van der Waals surface area contributed by atoms with Gasteiger partial charge in [-0.25, -0.2) is 0 Å². The van der Waals surface area contributed by atoms with Gasteiger partial charge in [0.15, 0.2) is 0 Å². The fraction of sp³-hybridized carbons (Fsp3) is 0.0714. The Balaban J connectivity index is 2.32. The molecule has 0 aliphatic heterocycles. The molecule has 9 heteroatoms. The average molecular weight is 345 g/mol. The Labute approximate surface area is 132 Å². The maximum atomic E-state index is 12.6. The molecule has 0 radical (unpaired) electrons. The second-order valence-electron chi connectivity index (χ2n) is 4.45. The highest BCUT2D eigenvalue weighted by Gasteiger charge is 2.30. The fourth-order valence-electron chi connectivity index (χ4n) is 1.82. The number of rotatable bonds is 3. The van der Waals surface area contributed by atoms with Crippen molar-refractivity contribution in [3.8, 4) is 0 Å². The molecule has 0 aliphatic rings. The van der Waals surface area contributed by atoms with Crippen LogP contribution >= 0.6 is 11.6 Å². The zero-order chi connectivity index (χ0) is 17.2. The minimum Gasteiger partial charge on any atom is -0.322 e. The lowest BCUT2D eigenvalue weighted by molar-refractivity contribution is -0.385. The first-order chi connectivity index (χ1) is 10.7. The fourth-order valence-corrected chi connectivity index (χ4v) is 1.99. The molecule has 2 rings (SSSR count). The van der Waals surface area contributed by atoms with Crippen LogP contribution in [-0.2, 0) is 6.18 Å². The third-order valence-electron chi connectivity index (χ3n) is 2.85. The molecule has 0 spiro atoms. The van der Waals surface area contributed by atoms with Gasteiger partial charge in [0, 0.05) is 16.8 Å². The summed E-state index contributed by atoms with van der Waals surface area (Å²) in [4.78, 5) is 22.2. The molecule has 0 saturated heterocycles. The summed E-state index contributed by atoms with van der Waals surface area (Å²) in [7, 11) is 0. The van der Waals surface area contributed by atoms with Crippen LogP contribution in [0.15, 0.2) is 42.5 Å². The zero-order valence-electron chi connectivity index (χ0n) is 11.2. The van der Waals surface area contributed by atoms with E-state index in [1.54, 1.807) is 0 Å². The first-order valence-electron chi connectivity index (χ1n) is 6.11. The van der Waals surface area contributed by atoms with Crippen LogP contribution in [0, 0.1) is 10.1 Å². The average Bonchev–Trinajstić information content (AvgIpc) is 2.46. The molecule has 0 bridgehead atoms. The van der Waals surface area contributed by atoms with Gasteiger partial charge in [-0.3, -0.25) is 14.9 Å². The van der Waals surface area contributed by atoms with Crippen molar-refractivity contribution in [1.82, 2.24) is 0 Å². The number of nitrogens with zero attached hydrogens (tertiary/aromatic N) is 1. The van der Waals surface area contributed by atoms with Crippen LogP contribution in [0.5, 0.6) is 0 Å². The number of hydrogen-bond donors (Lipinski definition) is 1. The van der Waals surface area contributed by atoms with Crippen molar-refractivity contribution in [3.63, 3.8) is 0 Å². The third-order valence-corrected chi connectivity index (χ3v) is 3.08. The van der Waals surface area contributed by atoms with Gasteiger partial charge in [0.05, 0.1) is 10.5 Å². The van der Waals surface area contributed by atoms with E-state index in [4.69, 9.17) is 11.6 Å². The van der Waals surface area contributed by atoms with E-state index in [0.717, 1.165) is 30.3 Å². The summed E-state index contributed by atoms with van der Waals surface area (Å²) in [5.41, 5.74) is -1.92. The number of hydrogen-bond acceptors (Lipinski definition) is 3. The van der Waals surface area contributed by atoms with E-state index in [1.807, 2.05) is 0 Å². The normalized spacial score (nSPS) is 11.1. The number of carbonyl (C=O) groups excluding carboxylic acids is 1. The lowest BCUT2D eigenvalue weighted by Crippen LogP contribution is -2.14. The van der Waals surface area contributed by atoms with Gasteiger partial charge in [-0.05, 0) is 30.3 Å². The molecule has 1 amide bonds. The van der Waals surface area contributed by atoms with Crippen LogP contribution in [0.3, 0.4) is 0 Å². The van der Waals surface area contributed by atoms with Crippen LogP contribution in [0.4, 0.5) is 24.5 Å². The highest BCUT2D eigenvalue weighted by molar-refractivity contribution is 6.31. The van der Waals surface area contributed by atoms with Gasteiger partial charge in [-0.15, -0.1) is 0 Å². The van der Waals surface area contributed by atoms with E-state index in [-0.39, 0.29) is 16.3 Å². The minimum absolute atomic E-state index is 0.0623. The van der Waals surface area contributed by atoms with E-state index in [0.29, 0.717) is 0 Å². The summed E-state index contributed by atoms with van der Waals surface area (Å²) in [6.07, 6.45) is -4.56. The van der Waals surface area contributed by atoms with Gasteiger partial charge in [-0.1, -0.05) is 17.7 Å². The second kappa shape index (κ2) is 6.25. The van der Waals surface area contributed by atoms with Crippen LogP contribution < -0.4 is 5.32 Å². The van der Waals surface area contributed by atoms with Gasteiger partial charge in [0.1, 0.15) is 5.56 Å². The van der Waals surface area contributed by atoms with Crippen LogP contribution in [0.25, 0.3) is 0 Å². The molecule has 23 heavy (non-hydrogen) atoms. The summed E-state index contributed by atoms with van der Waals surface area (Å²) in [5, 5.41) is 13.2. The first kappa shape index (κ1) is 16.8. The first-order valence-corrected chi connectivity index (χ1v) is 6.49. The maximum Gasteiger partial charge on any atom is 0.416 e. The number of amides is 1. The molecule has 2 aromatic rings. The highest BCUT2D eigenvalue weighted by Crippen LogP contribution is 2.31. The quantitative estimate of drug-likeness (QED) is 0.657. The molecule has 0 aromatic heterocycles. The monoisotopic (exact) mass is 344 g/mol. The molecule has 0 fully saturated rings. The summed E-state index contributed by atoms with van der Waals surface area (Å²) in [5.74, 6) is -0.910. The Morgan fingerprint density at radius 3 is 2.48 bits per heavy atom. The molecule has 0 aliphatic carbocycles. The van der Waals surface area contributed by atoms with E-state index < -0.39 is 28.3 Å². The molecule has 5 nitrogen and oxygen atoms in total. The molecular formula is C14H8ClF3N2O3. The van der Waals surface area contributed by atoms with Crippen molar-refractivity contribution < 1.29 is 22.9 Å². The van der Waals surface area contributed by atoms with Crippen molar-refractivity contribution in [2.24, 2.45) is 0 Å². The van der Waals surface area contributed by atoms with Crippen LogP contribution in [0.2, 0.25) is 5.02 Å². The number of anilines is 1. The molecule has 0 unspecified atom stereocenters. The topological polar surface area (TPSA) is 72.2 Å². The minimum atomic E-state index is -4.56. The van der Waals surface area contributed by atoms with Crippen LogP contribution in [0.1, 0.15) is 15.9 Å². The lowest BCUT2D eigenvalue weighted by Gasteiger charge is -2.10. The number of nitro benzene ring substituents is 1. The van der Waals surface area contributed by atoms with Crippen molar-refractivity contribution in [1.29, 1.82) is 0 Å². The number of benzene rings is 2. The number of carbonyl (C=O) groups is 1. The van der Waals surface area contributed by atoms with Crippen molar-refractivity contribution in [2.75, 3.05) is 5.32 Å². The predicted octanol–water partition coefficient (Wildman–Crippen LogP) is 4.52. The Morgan fingerprint density at radius 2 is 1.87 bits per heavy atom. The van der Waals surface area contributed by atoms with Gasteiger partial charge < -0.3 is 5.32 Å². The summed E-state index contributed by atoms with van der Waals surface area (Å²) in [6, 6.07) is 7.34. The molecule has 0 atom stereocenters. The molecule has 2 aromatic carbocycles. The van der Waals surface area contributed by atoms with Crippen molar-refractivity contribution in [3.05, 3.63) is 68.7 Å². The number of halogens is 4.